The molecule has 1 aliphatic rings. The molecule has 0 bridgehead atoms. The van der Waals surface area contributed by atoms with Crippen LogP contribution < -0.4 is 5.32 Å². The first kappa shape index (κ1) is 15.1. The molecule has 1 aromatic carbocycles. The van der Waals surface area contributed by atoms with E-state index in [1.165, 1.54) is 38.2 Å². The molecule has 2 heterocycles. The van der Waals surface area contributed by atoms with Crippen LogP contribution in [0.5, 0.6) is 0 Å². The van der Waals surface area contributed by atoms with Crippen molar-refractivity contribution in [2.24, 2.45) is 5.92 Å². The summed E-state index contributed by atoms with van der Waals surface area (Å²) >= 11 is 0. The van der Waals surface area contributed by atoms with E-state index in [1.807, 2.05) is 12.1 Å². The van der Waals surface area contributed by atoms with Crippen LogP contribution in [0.1, 0.15) is 32.1 Å². The molecule has 5 nitrogen and oxygen atoms in total. The summed E-state index contributed by atoms with van der Waals surface area (Å²) in [4.78, 5) is 0. The van der Waals surface area contributed by atoms with E-state index in [1.54, 1.807) is 22.7 Å². The van der Waals surface area contributed by atoms with Crippen molar-refractivity contribution in [1.29, 1.82) is 0 Å². The monoisotopic (exact) mass is 325 g/mol. The Morgan fingerprint density at radius 1 is 1.04 bits per heavy atom. The van der Waals surface area contributed by atoms with Crippen molar-refractivity contribution in [3.05, 3.63) is 42.2 Å². The Labute approximate surface area is 139 Å². The molecule has 0 unspecified atom stereocenters. The Kier molecular flexibility index (Phi) is 4.11. The number of hydrogen-bond donors (Lipinski definition) is 1. The van der Waals surface area contributed by atoms with Crippen LogP contribution >= 0.6 is 0 Å². The van der Waals surface area contributed by atoms with Gasteiger partial charge in [-0.25, -0.2) is 4.39 Å². The highest BCUT2D eigenvalue weighted by Crippen LogP contribution is 2.24. The summed E-state index contributed by atoms with van der Waals surface area (Å²) in [5.41, 5.74) is 1.01. The molecule has 0 aliphatic heterocycles. The van der Waals surface area contributed by atoms with Gasteiger partial charge in [-0.1, -0.05) is 31.4 Å². The first-order valence-corrected chi connectivity index (χ1v) is 8.52. The molecule has 0 amide bonds. The number of anilines is 1. The lowest BCUT2D eigenvalue weighted by molar-refractivity contribution is 0.373. The van der Waals surface area contributed by atoms with Gasteiger partial charge in [0, 0.05) is 6.54 Å². The van der Waals surface area contributed by atoms with Crippen molar-refractivity contribution in [2.45, 2.75) is 32.1 Å². The molecule has 6 heteroatoms. The van der Waals surface area contributed by atoms with E-state index in [4.69, 9.17) is 0 Å². The molecular weight excluding hydrogens is 305 g/mol. The topological polar surface area (TPSA) is 55.1 Å². The maximum Gasteiger partial charge on any atom is 0.188 e. The van der Waals surface area contributed by atoms with Gasteiger partial charge in [0.25, 0.3) is 0 Å². The van der Waals surface area contributed by atoms with Gasteiger partial charge in [0.2, 0.25) is 0 Å². The summed E-state index contributed by atoms with van der Waals surface area (Å²) in [6, 6.07) is 10.3. The van der Waals surface area contributed by atoms with Gasteiger partial charge in [0.05, 0.1) is 5.56 Å². The summed E-state index contributed by atoms with van der Waals surface area (Å²) in [6.45, 7) is 0.926. The van der Waals surface area contributed by atoms with Crippen molar-refractivity contribution in [3.8, 4) is 11.4 Å². The second-order valence-corrected chi connectivity index (χ2v) is 6.38. The van der Waals surface area contributed by atoms with Crippen LogP contribution in [0.4, 0.5) is 10.2 Å². The molecule has 2 aromatic heterocycles. The van der Waals surface area contributed by atoms with Crippen LogP contribution in [0.15, 0.2) is 36.4 Å². The fourth-order valence-electron chi connectivity index (χ4n) is 3.33. The van der Waals surface area contributed by atoms with E-state index in [9.17, 15) is 4.39 Å². The van der Waals surface area contributed by atoms with Crippen molar-refractivity contribution < 1.29 is 4.39 Å². The van der Waals surface area contributed by atoms with Crippen LogP contribution in [-0.2, 0) is 0 Å². The number of nitrogens with one attached hydrogen (secondary N) is 1. The smallest absolute Gasteiger partial charge is 0.188 e. The SMILES string of the molecule is Fc1ccccc1-c1nnc2ccc(NCC3CCCCC3)nn12. The summed E-state index contributed by atoms with van der Waals surface area (Å²) in [7, 11) is 0. The molecule has 3 aromatic rings. The molecule has 124 valence electrons. The Balaban J connectivity index is 1.60. The first-order valence-electron chi connectivity index (χ1n) is 8.52. The minimum Gasteiger partial charge on any atom is -0.368 e. The van der Waals surface area contributed by atoms with Gasteiger partial charge in [-0.15, -0.1) is 15.3 Å². The quantitative estimate of drug-likeness (QED) is 0.790. The molecular formula is C18H20FN5. The van der Waals surface area contributed by atoms with Gasteiger partial charge in [0.15, 0.2) is 11.5 Å². The normalized spacial score (nSPS) is 15.7. The highest BCUT2D eigenvalue weighted by atomic mass is 19.1. The van der Waals surface area contributed by atoms with Gasteiger partial charge in [0.1, 0.15) is 11.6 Å². The largest absolute Gasteiger partial charge is 0.368 e. The molecule has 0 saturated heterocycles. The van der Waals surface area contributed by atoms with Gasteiger partial charge < -0.3 is 5.32 Å². The summed E-state index contributed by atoms with van der Waals surface area (Å²) in [5, 5.41) is 16.1. The van der Waals surface area contributed by atoms with Crippen molar-refractivity contribution in [2.75, 3.05) is 11.9 Å². The first-order chi connectivity index (χ1) is 11.8. The zero-order chi connectivity index (χ0) is 16.4. The third-order valence-electron chi connectivity index (χ3n) is 4.67. The number of aromatic nitrogens is 4. The molecule has 0 spiro atoms. The lowest BCUT2D eigenvalue weighted by Gasteiger charge is -2.21. The molecule has 4 rings (SSSR count). The van der Waals surface area contributed by atoms with E-state index in [0.29, 0.717) is 23.0 Å². The average molecular weight is 325 g/mol. The van der Waals surface area contributed by atoms with Crippen molar-refractivity contribution in [3.63, 3.8) is 0 Å². The lowest BCUT2D eigenvalue weighted by atomic mass is 9.89. The third-order valence-corrected chi connectivity index (χ3v) is 4.67. The Morgan fingerprint density at radius 2 is 1.88 bits per heavy atom. The Bertz CT molecular complexity index is 838. The summed E-state index contributed by atoms with van der Waals surface area (Å²) in [5.74, 6) is 1.58. The van der Waals surface area contributed by atoms with E-state index >= 15 is 0 Å². The van der Waals surface area contributed by atoms with Gasteiger partial charge in [-0.3, -0.25) is 0 Å². The molecule has 1 N–H and O–H groups in total. The van der Waals surface area contributed by atoms with Crippen molar-refractivity contribution >= 4 is 11.5 Å². The predicted molar refractivity (Wildman–Crippen MR) is 91.2 cm³/mol. The highest BCUT2D eigenvalue weighted by Gasteiger charge is 2.15. The van der Waals surface area contributed by atoms with Crippen LogP contribution in [0, 0.1) is 11.7 Å². The maximum atomic E-state index is 14.0. The average Bonchev–Trinajstić information content (AvgIpc) is 3.04. The van der Waals surface area contributed by atoms with E-state index < -0.39 is 0 Å². The van der Waals surface area contributed by atoms with Crippen LogP contribution in [-0.4, -0.2) is 26.4 Å². The third kappa shape index (κ3) is 2.96. The number of hydrogen-bond acceptors (Lipinski definition) is 4. The minimum atomic E-state index is -0.325. The standard InChI is InChI=1S/C18H20FN5/c19-15-9-5-4-8-14(15)18-22-21-17-11-10-16(23-24(17)18)20-12-13-6-2-1-3-7-13/h4-5,8-11,13H,1-3,6-7,12H2,(H,20,23). The van der Waals surface area contributed by atoms with Gasteiger partial charge in [-0.2, -0.15) is 4.52 Å². The second kappa shape index (κ2) is 6.55. The van der Waals surface area contributed by atoms with Crippen molar-refractivity contribution in [1.82, 2.24) is 19.8 Å². The zero-order valence-corrected chi connectivity index (χ0v) is 13.5. The highest BCUT2D eigenvalue weighted by molar-refractivity contribution is 5.60. The Hall–Kier alpha value is -2.50. The van der Waals surface area contributed by atoms with Crippen LogP contribution in [0.3, 0.4) is 0 Å². The predicted octanol–water partition coefficient (Wildman–Crippen LogP) is 3.92. The van der Waals surface area contributed by atoms with Crippen LogP contribution in [0.25, 0.3) is 17.0 Å². The van der Waals surface area contributed by atoms with Gasteiger partial charge >= 0.3 is 0 Å². The van der Waals surface area contributed by atoms with Gasteiger partial charge in [-0.05, 0) is 43.0 Å². The molecule has 1 saturated carbocycles. The second-order valence-electron chi connectivity index (χ2n) is 6.38. The van der Waals surface area contributed by atoms with E-state index in [2.05, 4.69) is 20.6 Å². The molecule has 1 aliphatic carbocycles. The summed E-state index contributed by atoms with van der Waals surface area (Å²) < 4.78 is 15.6. The number of benzene rings is 1. The Morgan fingerprint density at radius 3 is 2.71 bits per heavy atom. The summed E-state index contributed by atoms with van der Waals surface area (Å²) in [6.07, 6.45) is 6.56. The van der Waals surface area contributed by atoms with Crippen LogP contribution in [0.2, 0.25) is 0 Å². The minimum absolute atomic E-state index is 0.325. The van der Waals surface area contributed by atoms with E-state index in [0.717, 1.165) is 12.4 Å². The molecule has 0 atom stereocenters. The zero-order valence-electron chi connectivity index (χ0n) is 13.5. The molecule has 0 radical (unpaired) electrons. The number of halogens is 1. The van der Waals surface area contributed by atoms with E-state index in [-0.39, 0.29) is 5.82 Å². The lowest BCUT2D eigenvalue weighted by Crippen LogP contribution is -2.18. The number of rotatable bonds is 4. The fraction of sp³-hybridized carbons (Fsp3) is 0.389. The fourth-order valence-corrected chi connectivity index (χ4v) is 3.33. The maximum absolute atomic E-state index is 14.0. The molecule has 24 heavy (non-hydrogen) atoms. The number of fused-ring (bicyclic) bond motifs is 1. The number of nitrogens with zero attached hydrogens (tertiary/aromatic N) is 4. The molecule has 1 fully saturated rings.